The van der Waals surface area contributed by atoms with Gasteiger partial charge in [-0.2, -0.15) is 0 Å². The van der Waals surface area contributed by atoms with Crippen LogP contribution in [0.25, 0.3) is 0 Å². The van der Waals surface area contributed by atoms with E-state index < -0.39 is 0 Å². The van der Waals surface area contributed by atoms with Crippen molar-refractivity contribution in [2.24, 2.45) is 0 Å². The number of nitrogens with zero attached hydrogens (tertiary/aromatic N) is 1. The number of hydrogen-bond acceptors (Lipinski definition) is 3. The summed E-state index contributed by atoms with van der Waals surface area (Å²) in [6.45, 7) is 3.71. The average molecular weight is 280 g/mol. The molecule has 2 rings (SSSR count). The molecule has 1 saturated heterocycles. The van der Waals surface area contributed by atoms with E-state index in [-0.39, 0.29) is 24.3 Å². The second kappa shape index (κ2) is 6.70. The number of carbonyl (C=O) groups excluding carboxylic acids is 1. The van der Waals surface area contributed by atoms with Crippen molar-refractivity contribution in [2.45, 2.75) is 25.8 Å². The number of rotatable bonds is 5. The Balaban J connectivity index is 1.97. The fourth-order valence-electron chi connectivity index (χ4n) is 2.54. The van der Waals surface area contributed by atoms with Crippen LogP contribution in [0.4, 0.5) is 4.39 Å². The predicted octanol–water partition coefficient (Wildman–Crippen LogP) is 2.11. The summed E-state index contributed by atoms with van der Waals surface area (Å²) in [5, 5.41) is 3.08. The van der Waals surface area contributed by atoms with Crippen LogP contribution in [0.2, 0.25) is 0 Å². The van der Waals surface area contributed by atoms with Gasteiger partial charge in [0.1, 0.15) is 11.6 Å². The van der Waals surface area contributed by atoms with Gasteiger partial charge in [0.25, 0.3) is 0 Å². The lowest BCUT2D eigenvalue weighted by Gasteiger charge is -2.20. The Hall–Kier alpha value is -1.62. The Kier molecular flexibility index (Phi) is 4.95. The molecule has 0 aromatic heterocycles. The first-order valence-corrected chi connectivity index (χ1v) is 6.97. The number of ether oxygens (including phenoxy) is 1. The SMILES string of the molecule is COc1cccc(F)c1C(C)NCC(=O)N1CCCC1. The standard InChI is InChI=1S/C15H21FN2O2/c1-11(15-12(16)6-5-7-13(15)20-2)17-10-14(19)18-8-3-4-9-18/h5-7,11,17H,3-4,8-10H2,1-2H3. The van der Waals surface area contributed by atoms with E-state index in [4.69, 9.17) is 4.74 Å². The molecular weight excluding hydrogens is 259 g/mol. The van der Waals surface area contributed by atoms with Gasteiger partial charge in [0.2, 0.25) is 5.91 Å². The predicted molar refractivity (Wildman–Crippen MR) is 75.2 cm³/mol. The first-order valence-electron chi connectivity index (χ1n) is 6.97. The van der Waals surface area contributed by atoms with E-state index >= 15 is 0 Å². The molecule has 20 heavy (non-hydrogen) atoms. The maximum atomic E-state index is 13.9. The van der Waals surface area contributed by atoms with Gasteiger partial charge in [-0.05, 0) is 31.9 Å². The molecule has 1 heterocycles. The van der Waals surface area contributed by atoms with Crippen LogP contribution in [0.5, 0.6) is 5.75 Å². The van der Waals surface area contributed by atoms with Crippen molar-refractivity contribution in [2.75, 3.05) is 26.7 Å². The van der Waals surface area contributed by atoms with E-state index in [1.807, 2.05) is 11.8 Å². The molecule has 0 saturated carbocycles. The zero-order valence-corrected chi connectivity index (χ0v) is 12.0. The van der Waals surface area contributed by atoms with Crippen LogP contribution in [0.15, 0.2) is 18.2 Å². The molecule has 1 aliphatic heterocycles. The zero-order valence-electron chi connectivity index (χ0n) is 12.0. The molecule has 0 radical (unpaired) electrons. The van der Waals surface area contributed by atoms with Crippen molar-refractivity contribution in [3.63, 3.8) is 0 Å². The lowest BCUT2D eigenvalue weighted by Crippen LogP contribution is -2.37. The van der Waals surface area contributed by atoms with Crippen LogP contribution in [0.3, 0.4) is 0 Å². The highest BCUT2D eigenvalue weighted by Crippen LogP contribution is 2.27. The molecule has 0 bridgehead atoms. The van der Waals surface area contributed by atoms with Gasteiger partial charge >= 0.3 is 0 Å². The minimum atomic E-state index is -0.321. The quantitative estimate of drug-likeness (QED) is 0.898. The van der Waals surface area contributed by atoms with Crippen LogP contribution in [0, 0.1) is 5.82 Å². The maximum Gasteiger partial charge on any atom is 0.236 e. The zero-order chi connectivity index (χ0) is 14.5. The topological polar surface area (TPSA) is 41.6 Å². The van der Waals surface area contributed by atoms with Crippen molar-refractivity contribution in [3.05, 3.63) is 29.6 Å². The van der Waals surface area contributed by atoms with Gasteiger partial charge in [-0.25, -0.2) is 4.39 Å². The molecule has 1 aliphatic rings. The number of nitrogens with one attached hydrogen (secondary N) is 1. The van der Waals surface area contributed by atoms with Crippen LogP contribution < -0.4 is 10.1 Å². The van der Waals surface area contributed by atoms with E-state index in [2.05, 4.69) is 5.32 Å². The van der Waals surface area contributed by atoms with E-state index in [9.17, 15) is 9.18 Å². The number of benzene rings is 1. The highest BCUT2D eigenvalue weighted by molar-refractivity contribution is 5.78. The highest BCUT2D eigenvalue weighted by atomic mass is 19.1. The fourth-order valence-corrected chi connectivity index (χ4v) is 2.54. The Morgan fingerprint density at radius 3 is 2.80 bits per heavy atom. The van der Waals surface area contributed by atoms with Gasteiger partial charge < -0.3 is 15.0 Å². The van der Waals surface area contributed by atoms with Gasteiger partial charge in [-0.3, -0.25) is 4.79 Å². The van der Waals surface area contributed by atoms with E-state index in [0.717, 1.165) is 25.9 Å². The third kappa shape index (κ3) is 3.28. The van der Waals surface area contributed by atoms with Gasteiger partial charge in [0.05, 0.1) is 13.7 Å². The molecule has 5 heteroatoms. The molecule has 1 fully saturated rings. The molecule has 1 amide bonds. The first kappa shape index (κ1) is 14.8. The molecular formula is C15H21FN2O2. The molecule has 1 N–H and O–H groups in total. The van der Waals surface area contributed by atoms with Crippen LogP contribution >= 0.6 is 0 Å². The largest absolute Gasteiger partial charge is 0.496 e. The number of amides is 1. The summed E-state index contributed by atoms with van der Waals surface area (Å²) in [6, 6.07) is 4.45. The first-order chi connectivity index (χ1) is 9.63. The van der Waals surface area contributed by atoms with Crippen molar-refractivity contribution in [1.29, 1.82) is 0 Å². The number of carbonyl (C=O) groups is 1. The van der Waals surface area contributed by atoms with Crippen LogP contribution in [-0.4, -0.2) is 37.6 Å². The number of methoxy groups -OCH3 is 1. The molecule has 1 aromatic carbocycles. The third-order valence-electron chi connectivity index (χ3n) is 3.68. The Morgan fingerprint density at radius 1 is 1.45 bits per heavy atom. The maximum absolute atomic E-state index is 13.9. The molecule has 1 atom stereocenters. The summed E-state index contributed by atoms with van der Waals surface area (Å²) >= 11 is 0. The molecule has 0 aliphatic carbocycles. The minimum absolute atomic E-state index is 0.0738. The average Bonchev–Trinajstić information content (AvgIpc) is 2.98. The van der Waals surface area contributed by atoms with E-state index in [0.29, 0.717) is 11.3 Å². The Morgan fingerprint density at radius 2 is 2.15 bits per heavy atom. The second-order valence-electron chi connectivity index (χ2n) is 5.05. The van der Waals surface area contributed by atoms with Gasteiger partial charge in [-0.1, -0.05) is 6.07 Å². The lowest BCUT2D eigenvalue weighted by atomic mass is 10.1. The van der Waals surface area contributed by atoms with Gasteiger partial charge in [0, 0.05) is 24.7 Å². The molecule has 4 nitrogen and oxygen atoms in total. The lowest BCUT2D eigenvalue weighted by molar-refractivity contribution is -0.129. The monoisotopic (exact) mass is 280 g/mol. The smallest absolute Gasteiger partial charge is 0.236 e. The summed E-state index contributed by atoms with van der Waals surface area (Å²) in [6.07, 6.45) is 2.14. The summed E-state index contributed by atoms with van der Waals surface area (Å²) in [5.74, 6) is 0.251. The number of halogens is 1. The molecule has 1 unspecified atom stereocenters. The fraction of sp³-hybridized carbons (Fsp3) is 0.533. The normalized spacial score (nSPS) is 16.2. The summed E-state index contributed by atoms with van der Waals surface area (Å²) < 4.78 is 19.1. The molecule has 0 spiro atoms. The molecule has 110 valence electrons. The van der Waals surface area contributed by atoms with Crippen molar-refractivity contribution in [3.8, 4) is 5.75 Å². The summed E-state index contributed by atoms with van der Waals surface area (Å²) in [7, 11) is 1.51. The van der Waals surface area contributed by atoms with Gasteiger partial charge in [-0.15, -0.1) is 0 Å². The minimum Gasteiger partial charge on any atom is -0.496 e. The second-order valence-corrected chi connectivity index (χ2v) is 5.05. The summed E-state index contributed by atoms with van der Waals surface area (Å²) in [5.41, 5.74) is 0.462. The van der Waals surface area contributed by atoms with Crippen LogP contribution in [-0.2, 0) is 4.79 Å². The highest BCUT2D eigenvalue weighted by Gasteiger charge is 2.20. The van der Waals surface area contributed by atoms with Crippen molar-refractivity contribution >= 4 is 5.91 Å². The number of hydrogen-bond donors (Lipinski definition) is 1. The third-order valence-corrected chi connectivity index (χ3v) is 3.68. The Labute approximate surface area is 118 Å². The Bertz CT molecular complexity index is 473. The number of likely N-dealkylation sites (tertiary alicyclic amines) is 1. The van der Waals surface area contributed by atoms with Crippen LogP contribution in [0.1, 0.15) is 31.4 Å². The summed E-state index contributed by atoms with van der Waals surface area (Å²) in [4.78, 5) is 13.8. The van der Waals surface area contributed by atoms with Crippen molar-refractivity contribution < 1.29 is 13.9 Å². The molecule has 1 aromatic rings. The van der Waals surface area contributed by atoms with E-state index in [1.165, 1.54) is 13.2 Å². The van der Waals surface area contributed by atoms with Gasteiger partial charge in [0.15, 0.2) is 0 Å². The van der Waals surface area contributed by atoms with Crippen molar-refractivity contribution in [1.82, 2.24) is 10.2 Å². The van der Waals surface area contributed by atoms with E-state index in [1.54, 1.807) is 12.1 Å².